The highest BCUT2D eigenvalue weighted by molar-refractivity contribution is 5.71. The molecular weight excluding hydrogens is 973 g/mol. The molecule has 0 spiro atoms. The van der Waals surface area contributed by atoms with Crippen LogP contribution in [0.5, 0.6) is 0 Å². The Morgan fingerprint density at radius 2 is 0.494 bits per heavy atom. The molecule has 1 atom stereocenters. The van der Waals surface area contributed by atoms with Crippen molar-refractivity contribution in [1.29, 1.82) is 0 Å². The number of allylic oxidation sites excluding steroid dienone is 18. The van der Waals surface area contributed by atoms with Gasteiger partial charge in [0.1, 0.15) is 13.2 Å². The van der Waals surface area contributed by atoms with Gasteiger partial charge >= 0.3 is 17.9 Å². The average molecular weight is 1100 g/mol. The molecule has 0 radical (unpaired) electrons. The molecule has 0 aliphatic heterocycles. The Balaban J connectivity index is 4.37. The highest BCUT2D eigenvalue weighted by atomic mass is 16.6. The molecule has 0 fully saturated rings. The van der Waals surface area contributed by atoms with E-state index in [2.05, 4.69) is 130 Å². The van der Waals surface area contributed by atoms with Crippen molar-refractivity contribution in [2.45, 2.75) is 322 Å². The minimum absolute atomic E-state index is 0.0811. The molecule has 6 nitrogen and oxygen atoms in total. The predicted octanol–water partition coefficient (Wildman–Crippen LogP) is 23.0. The summed E-state index contributed by atoms with van der Waals surface area (Å²) >= 11 is 0. The van der Waals surface area contributed by atoms with Gasteiger partial charge in [0, 0.05) is 19.3 Å². The fourth-order valence-corrected chi connectivity index (χ4v) is 9.35. The number of carbonyl (C=O) groups excluding carboxylic acids is 3. The first-order valence-electron chi connectivity index (χ1n) is 33.4. The van der Waals surface area contributed by atoms with E-state index in [1.54, 1.807) is 0 Å². The summed E-state index contributed by atoms with van der Waals surface area (Å²) in [5.41, 5.74) is 0. The van der Waals surface area contributed by atoms with Gasteiger partial charge in [-0.15, -0.1) is 0 Å². The summed E-state index contributed by atoms with van der Waals surface area (Å²) in [7, 11) is 0. The Labute approximate surface area is 489 Å². The largest absolute Gasteiger partial charge is 0.462 e. The number of ether oxygens (including phenoxy) is 3. The standard InChI is InChI=1S/C73H124O6/c1-4-7-10-13-16-19-22-25-28-30-32-34-35-36-37-39-40-42-45-48-51-54-57-60-63-66-72(75)78-69-70(68-77-71(74)65-62-59-56-53-50-47-44-27-24-21-18-15-12-9-6-3)79-73(76)67-64-61-58-55-52-49-46-43-41-38-33-31-29-26-23-20-17-14-11-8-5-2/h7-8,10-11,16-17,19-20,25-26,28-29,32-34,36-38,70H,4-6,9,12-15,18,21-24,27,30-31,35,39-69H2,1-3H3/b10-7-,11-8-,19-16-,20-17-,28-25-,29-26-,34-32-,37-36-,38-33-. The van der Waals surface area contributed by atoms with Gasteiger partial charge in [-0.2, -0.15) is 0 Å². The van der Waals surface area contributed by atoms with Crippen LogP contribution in [0.15, 0.2) is 109 Å². The third kappa shape index (κ3) is 64.8. The molecule has 6 heteroatoms. The first-order valence-corrected chi connectivity index (χ1v) is 33.4. The number of hydrogen-bond acceptors (Lipinski definition) is 6. The van der Waals surface area contributed by atoms with E-state index in [1.807, 2.05) is 0 Å². The third-order valence-corrected chi connectivity index (χ3v) is 14.3. The summed E-state index contributed by atoms with van der Waals surface area (Å²) in [6.07, 6.45) is 90.9. The van der Waals surface area contributed by atoms with Crippen LogP contribution in [0.2, 0.25) is 0 Å². The summed E-state index contributed by atoms with van der Waals surface area (Å²) in [6.45, 7) is 6.44. The van der Waals surface area contributed by atoms with E-state index in [0.29, 0.717) is 19.3 Å². The van der Waals surface area contributed by atoms with Crippen molar-refractivity contribution < 1.29 is 28.6 Å². The second-order valence-corrected chi connectivity index (χ2v) is 22.0. The van der Waals surface area contributed by atoms with Gasteiger partial charge in [0.2, 0.25) is 0 Å². The minimum atomic E-state index is -0.787. The van der Waals surface area contributed by atoms with Gasteiger partial charge < -0.3 is 14.2 Å². The monoisotopic (exact) mass is 1100 g/mol. The predicted molar refractivity (Wildman–Crippen MR) is 343 cm³/mol. The van der Waals surface area contributed by atoms with E-state index in [4.69, 9.17) is 14.2 Å². The maximum atomic E-state index is 12.9. The van der Waals surface area contributed by atoms with E-state index in [9.17, 15) is 14.4 Å². The molecule has 0 saturated heterocycles. The molecule has 0 aromatic heterocycles. The van der Waals surface area contributed by atoms with Crippen LogP contribution in [0.4, 0.5) is 0 Å². The molecule has 0 aromatic rings. The molecule has 0 aliphatic rings. The highest BCUT2D eigenvalue weighted by Gasteiger charge is 2.19. The summed E-state index contributed by atoms with van der Waals surface area (Å²) in [5, 5.41) is 0. The summed E-state index contributed by atoms with van der Waals surface area (Å²) < 4.78 is 17.0. The molecule has 79 heavy (non-hydrogen) atoms. The zero-order valence-electron chi connectivity index (χ0n) is 51.9. The van der Waals surface area contributed by atoms with Gasteiger partial charge in [0.05, 0.1) is 0 Å². The zero-order chi connectivity index (χ0) is 57.1. The normalized spacial score (nSPS) is 12.8. The fourth-order valence-electron chi connectivity index (χ4n) is 9.35. The lowest BCUT2D eigenvalue weighted by atomic mass is 10.0. The quantitative estimate of drug-likeness (QED) is 0.0261. The second kappa shape index (κ2) is 66.6. The molecule has 0 aliphatic carbocycles. The Morgan fingerprint density at radius 1 is 0.266 bits per heavy atom. The van der Waals surface area contributed by atoms with E-state index in [0.717, 1.165) is 128 Å². The SMILES string of the molecule is CC/C=C\C/C=C\C/C=C\C/C=C\C/C=C\CCCCCCCCCCCC(=O)OCC(COC(=O)CCCCCCCCCCCCCCCCC)OC(=O)CCCCCCCCCC/C=C\C/C=C\C/C=C\C/C=C\CC. The highest BCUT2D eigenvalue weighted by Crippen LogP contribution is 2.17. The van der Waals surface area contributed by atoms with Crippen LogP contribution >= 0.6 is 0 Å². The summed E-state index contributed by atoms with van der Waals surface area (Å²) in [4.78, 5) is 38.4. The van der Waals surface area contributed by atoms with Gasteiger partial charge in [0.25, 0.3) is 0 Å². The molecule has 0 N–H and O–H groups in total. The van der Waals surface area contributed by atoms with Crippen LogP contribution in [-0.2, 0) is 28.6 Å². The smallest absolute Gasteiger partial charge is 0.306 e. The van der Waals surface area contributed by atoms with Crippen LogP contribution in [-0.4, -0.2) is 37.2 Å². The number of unbranched alkanes of at least 4 members (excludes halogenated alkanes) is 31. The number of hydrogen-bond donors (Lipinski definition) is 0. The lowest BCUT2D eigenvalue weighted by Crippen LogP contribution is -2.30. The van der Waals surface area contributed by atoms with Crippen LogP contribution < -0.4 is 0 Å². The van der Waals surface area contributed by atoms with Gasteiger partial charge in [-0.05, 0) is 103 Å². The average Bonchev–Trinajstić information content (AvgIpc) is 3.45. The molecule has 0 saturated carbocycles. The Bertz CT molecular complexity index is 1590. The summed E-state index contributed by atoms with van der Waals surface area (Å²) in [5.74, 6) is -0.883. The molecule has 0 bridgehead atoms. The van der Waals surface area contributed by atoms with Crippen LogP contribution in [0, 0.1) is 0 Å². The minimum Gasteiger partial charge on any atom is -0.462 e. The summed E-state index contributed by atoms with van der Waals surface area (Å²) in [6, 6.07) is 0. The van der Waals surface area contributed by atoms with Crippen LogP contribution in [0.3, 0.4) is 0 Å². The van der Waals surface area contributed by atoms with Gasteiger partial charge in [-0.3, -0.25) is 14.4 Å². The van der Waals surface area contributed by atoms with Gasteiger partial charge in [0.15, 0.2) is 6.10 Å². The number of rotatable bonds is 60. The van der Waals surface area contributed by atoms with E-state index in [1.165, 1.54) is 148 Å². The van der Waals surface area contributed by atoms with Crippen molar-refractivity contribution in [1.82, 2.24) is 0 Å². The maximum Gasteiger partial charge on any atom is 0.306 e. The lowest BCUT2D eigenvalue weighted by molar-refractivity contribution is -0.167. The van der Waals surface area contributed by atoms with Crippen molar-refractivity contribution in [2.75, 3.05) is 13.2 Å². The molecule has 0 rings (SSSR count). The number of esters is 3. The van der Waals surface area contributed by atoms with Crippen molar-refractivity contribution in [3.05, 3.63) is 109 Å². The lowest BCUT2D eigenvalue weighted by Gasteiger charge is -2.18. The number of carbonyl (C=O) groups is 3. The van der Waals surface area contributed by atoms with Crippen molar-refractivity contribution >= 4 is 17.9 Å². The Kier molecular flexibility index (Phi) is 63.3. The van der Waals surface area contributed by atoms with Crippen molar-refractivity contribution in [3.63, 3.8) is 0 Å². The molecule has 0 amide bonds. The van der Waals surface area contributed by atoms with Crippen molar-refractivity contribution in [3.8, 4) is 0 Å². The zero-order valence-corrected chi connectivity index (χ0v) is 51.9. The van der Waals surface area contributed by atoms with E-state index < -0.39 is 6.10 Å². The van der Waals surface area contributed by atoms with Crippen molar-refractivity contribution in [2.24, 2.45) is 0 Å². The van der Waals surface area contributed by atoms with Gasteiger partial charge in [-0.25, -0.2) is 0 Å². The second-order valence-electron chi connectivity index (χ2n) is 22.0. The molecular formula is C73H124O6. The van der Waals surface area contributed by atoms with Crippen LogP contribution in [0.1, 0.15) is 316 Å². The first-order chi connectivity index (χ1) is 39.0. The van der Waals surface area contributed by atoms with E-state index >= 15 is 0 Å². The maximum absolute atomic E-state index is 12.9. The molecule has 1 unspecified atom stereocenters. The van der Waals surface area contributed by atoms with E-state index in [-0.39, 0.29) is 31.1 Å². The molecule has 0 heterocycles. The Hall–Kier alpha value is -3.93. The van der Waals surface area contributed by atoms with Gasteiger partial charge in [-0.1, -0.05) is 304 Å². The fraction of sp³-hybridized carbons (Fsp3) is 0.712. The topological polar surface area (TPSA) is 78.9 Å². The van der Waals surface area contributed by atoms with Crippen LogP contribution in [0.25, 0.3) is 0 Å². The Morgan fingerprint density at radius 3 is 0.772 bits per heavy atom. The molecule has 0 aromatic carbocycles. The molecule has 452 valence electrons. The third-order valence-electron chi connectivity index (χ3n) is 14.3. The first kappa shape index (κ1) is 75.1.